The van der Waals surface area contributed by atoms with E-state index in [0.29, 0.717) is 17.9 Å². The van der Waals surface area contributed by atoms with Gasteiger partial charge in [-0.1, -0.05) is 60.7 Å². The zero-order chi connectivity index (χ0) is 22.8. The predicted octanol–water partition coefficient (Wildman–Crippen LogP) is 6.13. The van der Waals surface area contributed by atoms with E-state index in [1.807, 2.05) is 66.7 Å². The van der Waals surface area contributed by atoms with Crippen molar-refractivity contribution in [3.05, 3.63) is 108 Å². The van der Waals surface area contributed by atoms with Gasteiger partial charge >= 0.3 is 0 Å². The molecule has 0 bridgehead atoms. The van der Waals surface area contributed by atoms with Crippen molar-refractivity contribution in [2.75, 3.05) is 11.5 Å². The largest absolute Gasteiger partial charge is 0.482 e. The van der Waals surface area contributed by atoms with Crippen molar-refractivity contribution in [1.82, 2.24) is 0 Å². The Labute approximate surface area is 193 Å². The second kappa shape index (κ2) is 8.64. The molecule has 0 saturated heterocycles. The van der Waals surface area contributed by atoms with Crippen LogP contribution in [-0.4, -0.2) is 12.5 Å². The fraction of sp³-hybridized carbons (Fsp3) is 0.103. The number of carbonyl (C=O) groups excluding carboxylic acids is 1. The van der Waals surface area contributed by atoms with Crippen LogP contribution in [0.4, 0.5) is 5.69 Å². The molecule has 1 aliphatic heterocycles. The Balaban J connectivity index is 1.50. The van der Waals surface area contributed by atoms with Gasteiger partial charge in [0.1, 0.15) is 5.75 Å². The fourth-order valence-electron chi connectivity index (χ4n) is 4.24. The molecule has 0 aromatic heterocycles. The molecule has 0 spiro atoms. The summed E-state index contributed by atoms with van der Waals surface area (Å²) in [5.41, 5.74) is 7.78. The molecule has 1 amide bonds. The minimum absolute atomic E-state index is 0.0284. The van der Waals surface area contributed by atoms with Gasteiger partial charge in [-0.15, -0.1) is 0 Å². The normalized spacial score (nSPS) is 12.6. The summed E-state index contributed by atoms with van der Waals surface area (Å²) in [5.74, 6) is 0.645. The molecule has 1 heterocycles. The van der Waals surface area contributed by atoms with Crippen LogP contribution >= 0.6 is 0 Å². The molecule has 4 heteroatoms. The number of amides is 1. The highest BCUT2D eigenvalue weighted by Gasteiger charge is 2.26. The topological polar surface area (TPSA) is 53.3 Å². The van der Waals surface area contributed by atoms with Crippen molar-refractivity contribution in [2.24, 2.45) is 0 Å². The summed E-state index contributed by atoms with van der Waals surface area (Å²) >= 11 is 0. The summed E-state index contributed by atoms with van der Waals surface area (Å²) in [6.07, 6.45) is 0. The average molecular weight is 431 g/mol. The lowest BCUT2D eigenvalue weighted by molar-refractivity contribution is -0.121. The molecule has 1 aliphatic rings. The van der Waals surface area contributed by atoms with Crippen LogP contribution in [0.1, 0.15) is 16.7 Å². The highest BCUT2D eigenvalue weighted by molar-refractivity contribution is 5.98. The minimum atomic E-state index is -0.0682. The Hall–Kier alpha value is -4.36. The van der Waals surface area contributed by atoms with Crippen molar-refractivity contribution in [2.45, 2.75) is 13.5 Å². The van der Waals surface area contributed by atoms with Crippen LogP contribution in [0.5, 0.6) is 5.75 Å². The van der Waals surface area contributed by atoms with Gasteiger partial charge in [-0.05, 0) is 70.6 Å². The number of fused-ring (bicyclic) bond motifs is 1. The number of rotatable bonds is 4. The Bertz CT molecular complexity index is 1400. The van der Waals surface area contributed by atoms with Crippen LogP contribution in [0.25, 0.3) is 22.3 Å². The van der Waals surface area contributed by atoms with Gasteiger partial charge in [0.25, 0.3) is 5.91 Å². The summed E-state index contributed by atoms with van der Waals surface area (Å²) in [6.45, 7) is 2.56. The predicted molar refractivity (Wildman–Crippen MR) is 130 cm³/mol. The molecule has 0 fully saturated rings. The van der Waals surface area contributed by atoms with Crippen LogP contribution < -0.4 is 9.64 Å². The molecule has 4 aromatic carbocycles. The van der Waals surface area contributed by atoms with Crippen molar-refractivity contribution in [1.29, 1.82) is 5.26 Å². The molecule has 4 aromatic rings. The van der Waals surface area contributed by atoms with Crippen LogP contribution in [0.2, 0.25) is 0 Å². The zero-order valence-corrected chi connectivity index (χ0v) is 18.3. The molecule has 33 heavy (non-hydrogen) atoms. The number of aryl methyl sites for hydroxylation is 1. The number of carbonyl (C=O) groups is 1. The Morgan fingerprint density at radius 3 is 2.48 bits per heavy atom. The summed E-state index contributed by atoms with van der Waals surface area (Å²) in [5, 5.41) is 9.22. The van der Waals surface area contributed by atoms with E-state index < -0.39 is 0 Å². The quantitative estimate of drug-likeness (QED) is 0.392. The van der Waals surface area contributed by atoms with Gasteiger partial charge in [0, 0.05) is 0 Å². The van der Waals surface area contributed by atoms with E-state index in [9.17, 15) is 10.1 Å². The summed E-state index contributed by atoms with van der Waals surface area (Å²) in [6, 6.07) is 32.1. The number of ether oxygens (including phenoxy) is 1. The molecule has 0 aliphatic carbocycles. The van der Waals surface area contributed by atoms with Crippen molar-refractivity contribution in [3.8, 4) is 34.1 Å². The lowest BCUT2D eigenvalue weighted by atomic mass is 9.99. The van der Waals surface area contributed by atoms with Crippen molar-refractivity contribution < 1.29 is 9.53 Å². The first kappa shape index (κ1) is 20.5. The molecule has 0 unspecified atom stereocenters. The van der Waals surface area contributed by atoms with Crippen molar-refractivity contribution in [3.63, 3.8) is 0 Å². The monoisotopic (exact) mass is 430 g/mol. The molecule has 0 radical (unpaired) electrons. The van der Waals surface area contributed by atoms with E-state index in [1.165, 1.54) is 5.56 Å². The summed E-state index contributed by atoms with van der Waals surface area (Å²) in [4.78, 5) is 14.7. The van der Waals surface area contributed by atoms with Crippen LogP contribution in [0, 0.1) is 18.3 Å². The number of anilines is 1. The SMILES string of the molecule is Cc1ccccc1-c1ccc2c(c1)N(Cc1cccc(-c3cccc(C#N)c3)c1)C(=O)CO2. The molecular formula is C29H22N2O2. The summed E-state index contributed by atoms with van der Waals surface area (Å²) < 4.78 is 5.72. The maximum atomic E-state index is 12.9. The number of nitriles is 1. The maximum Gasteiger partial charge on any atom is 0.265 e. The Morgan fingerprint density at radius 2 is 1.67 bits per heavy atom. The van der Waals surface area contributed by atoms with Crippen LogP contribution in [0.3, 0.4) is 0 Å². The fourth-order valence-corrected chi connectivity index (χ4v) is 4.24. The second-order valence-corrected chi connectivity index (χ2v) is 8.16. The van der Waals surface area contributed by atoms with Crippen LogP contribution in [0.15, 0.2) is 91.0 Å². The van der Waals surface area contributed by atoms with Gasteiger partial charge in [0.2, 0.25) is 0 Å². The Kier molecular flexibility index (Phi) is 5.38. The van der Waals surface area contributed by atoms with E-state index in [2.05, 4.69) is 31.2 Å². The third kappa shape index (κ3) is 4.09. The number of hydrogen-bond acceptors (Lipinski definition) is 3. The third-order valence-electron chi connectivity index (χ3n) is 5.95. The Morgan fingerprint density at radius 1 is 0.879 bits per heavy atom. The number of nitrogens with zero attached hydrogens (tertiary/aromatic N) is 2. The van der Waals surface area contributed by atoms with E-state index in [-0.39, 0.29) is 12.5 Å². The van der Waals surface area contributed by atoms with E-state index in [4.69, 9.17) is 4.74 Å². The molecule has 0 saturated carbocycles. The van der Waals surface area contributed by atoms with Gasteiger partial charge in [-0.2, -0.15) is 5.26 Å². The number of benzene rings is 4. The highest BCUT2D eigenvalue weighted by Crippen LogP contribution is 2.38. The lowest BCUT2D eigenvalue weighted by Gasteiger charge is -2.30. The second-order valence-electron chi connectivity index (χ2n) is 8.16. The zero-order valence-electron chi connectivity index (χ0n) is 18.3. The first-order valence-corrected chi connectivity index (χ1v) is 10.8. The van der Waals surface area contributed by atoms with Crippen molar-refractivity contribution >= 4 is 11.6 Å². The van der Waals surface area contributed by atoms with Crippen LogP contribution in [-0.2, 0) is 11.3 Å². The van der Waals surface area contributed by atoms with Gasteiger partial charge in [0.15, 0.2) is 6.61 Å². The first-order chi connectivity index (χ1) is 16.1. The van der Waals surface area contributed by atoms with Gasteiger partial charge in [-0.3, -0.25) is 4.79 Å². The molecule has 0 N–H and O–H groups in total. The van der Waals surface area contributed by atoms with E-state index >= 15 is 0 Å². The molecule has 160 valence electrons. The van der Waals surface area contributed by atoms with E-state index in [0.717, 1.165) is 33.5 Å². The molecule has 4 nitrogen and oxygen atoms in total. The molecule has 0 atom stereocenters. The number of hydrogen-bond donors (Lipinski definition) is 0. The summed E-state index contributed by atoms with van der Waals surface area (Å²) in [7, 11) is 0. The van der Waals surface area contributed by atoms with E-state index in [1.54, 1.807) is 11.0 Å². The third-order valence-corrected chi connectivity index (χ3v) is 5.95. The van der Waals surface area contributed by atoms with Gasteiger partial charge in [0.05, 0.1) is 23.9 Å². The molecular weight excluding hydrogens is 408 g/mol. The maximum absolute atomic E-state index is 12.9. The first-order valence-electron chi connectivity index (χ1n) is 10.8. The average Bonchev–Trinajstić information content (AvgIpc) is 2.86. The minimum Gasteiger partial charge on any atom is -0.482 e. The van der Waals surface area contributed by atoms with Gasteiger partial charge < -0.3 is 9.64 Å². The lowest BCUT2D eigenvalue weighted by Crippen LogP contribution is -2.38. The standard InChI is InChI=1S/C29H22N2O2/c1-20-6-2-3-11-26(20)25-12-13-28-27(16-25)31(29(32)19-33-28)18-22-8-5-10-24(15-22)23-9-4-7-21(14-23)17-30/h2-16H,18-19H2,1H3. The smallest absolute Gasteiger partial charge is 0.265 e. The highest BCUT2D eigenvalue weighted by atomic mass is 16.5. The molecule has 5 rings (SSSR count). The van der Waals surface area contributed by atoms with Gasteiger partial charge in [-0.25, -0.2) is 0 Å².